The van der Waals surface area contributed by atoms with Crippen molar-refractivity contribution in [2.45, 2.75) is 9.79 Å². The Balaban J connectivity index is 1.97. The van der Waals surface area contributed by atoms with Crippen LogP contribution in [0.15, 0.2) is 76.5 Å². The van der Waals surface area contributed by atoms with E-state index in [1.54, 1.807) is 42.5 Å². The third kappa shape index (κ3) is 4.37. The number of carbonyl (C=O) groups is 1. The van der Waals surface area contributed by atoms with Gasteiger partial charge in [0.15, 0.2) is 0 Å². The lowest BCUT2D eigenvalue weighted by Gasteiger charge is -2.11. The van der Waals surface area contributed by atoms with Crippen molar-refractivity contribution in [2.75, 3.05) is 5.32 Å². The lowest BCUT2D eigenvalue weighted by molar-refractivity contribution is -0.384. The minimum absolute atomic E-state index is 0.0635. The minimum Gasteiger partial charge on any atom is -0.322 e. The van der Waals surface area contributed by atoms with Gasteiger partial charge < -0.3 is 5.32 Å². The molecular formula is C21H13FN2O3S. The summed E-state index contributed by atoms with van der Waals surface area (Å²) in [4.78, 5) is 24.0. The van der Waals surface area contributed by atoms with Gasteiger partial charge in [-0.1, -0.05) is 35.9 Å². The van der Waals surface area contributed by atoms with Gasteiger partial charge in [-0.05, 0) is 36.4 Å². The third-order valence-electron chi connectivity index (χ3n) is 3.76. The summed E-state index contributed by atoms with van der Waals surface area (Å²) in [6.07, 6.45) is 5.36. The van der Waals surface area contributed by atoms with E-state index in [1.165, 1.54) is 24.3 Å². The van der Waals surface area contributed by atoms with Crippen LogP contribution < -0.4 is 5.32 Å². The van der Waals surface area contributed by atoms with E-state index in [1.807, 2.05) is 0 Å². The number of benzene rings is 3. The van der Waals surface area contributed by atoms with Gasteiger partial charge in [0.1, 0.15) is 5.82 Å². The topological polar surface area (TPSA) is 72.2 Å². The zero-order chi connectivity index (χ0) is 20.1. The average molecular weight is 392 g/mol. The number of anilines is 1. The van der Waals surface area contributed by atoms with Crippen molar-refractivity contribution < 1.29 is 14.1 Å². The Morgan fingerprint density at radius 2 is 1.86 bits per heavy atom. The fourth-order valence-corrected chi connectivity index (χ4v) is 3.38. The van der Waals surface area contributed by atoms with Crippen molar-refractivity contribution in [1.29, 1.82) is 0 Å². The van der Waals surface area contributed by atoms with Crippen LogP contribution in [0.4, 0.5) is 15.8 Å². The maximum atomic E-state index is 14.0. The highest BCUT2D eigenvalue weighted by molar-refractivity contribution is 7.99. The largest absolute Gasteiger partial charge is 0.322 e. The summed E-state index contributed by atoms with van der Waals surface area (Å²) < 4.78 is 14.0. The van der Waals surface area contributed by atoms with Crippen LogP contribution in [0, 0.1) is 28.3 Å². The van der Waals surface area contributed by atoms with E-state index in [9.17, 15) is 19.3 Å². The molecule has 0 fully saturated rings. The quantitative estimate of drug-likeness (QED) is 0.372. The lowest BCUT2D eigenvalue weighted by Crippen LogP contribution is -2.13. The Labute approximate surface area is 164 Å². The molecule has 3 aromatic carbocycles. The van der Waals surface area contributed by atoms with Gasteiger partial charge in [-0.2, -0.15) is 0 Å². The second-order valence-corrected chi connectivity index (χ2v) is 6.73. The van der Waals surface area contributed by atoms with Crippen LogP contribution in [0.25, 0.3) is 0 Å². The number of nitro benzene ring substituents is 1. The maximum absolute atomic E-state index is 14.0. The van der Waals surface area contributed by atoms with E-state index in [-0.39, 0.29) is 11.3 Å². The molecule has 1 N–H and O–H groups in total. The predicted molar refractivity (Wildman–Crippen MR) is 106 cm³/mol. The summed E-state index contributed by atoms with van der Waals surface area (Å²) >= 11 is 1.02. The molecule has 0 unspecified atom stereocenters. The van der Waals surface area contributed by atoms with Crippen LogP contribution in [-0.4, -0.2) is 10.8 Å². The number of halogens is 1. The summed E-state index contributed by atoms with van der Waals surface area (Å²) in [5.41, 5.74) is 0.862. The number of nitrogens with zero attached hydrogens (tertiary/aromatic N) is 1. The molecule has 3 rings (SSSR count). The highest BCUT2D eigenvalue weighted by Gasteiger charge is 2.19. The minimum atomic E-state index is -0.590. The van der Waals surface area contributed by atoms with Crippen molar-refractivity contribution in [1.82, 2.24) is 0 Å². The van der Waals surface area contributed by atoms with E-state index in [4.69, 9.17) is 6.42 Å². The van der Waals surface area contributed by atoms with Gasteiger partial charge in [-0.25, -0.2) is 4.39 Å². The normalized spacial score (nSPS) is 10.1. The van der Waals surface area contributed by atoms with Gasteiger partial charge in [0.2, 0.25) is 0 Å². The lowest BCUT2D eigenvalue weighted by atomic mass is 10.1. The van der Waals surface area contributed by atoms with Crippen molar-refractivity contribution in [3.63, 3.8) is 0 Å². The van der Waals surface area contributed by atoms with Crippen LogP contribution in [0.3, 0.4) is 0 Å². The number of hydrogen-bond donors (Lipinski definition) is 1. The Kier molecular flexibility index (Phi) is 5.72. The van der Waals surface area contributed by atoms with E-state index in [0.717, 1.165) is 11.8 Å². The van der Waals surface area contributed by atoms with Crippen LogP contribution in [0.5, 0.6) is 0 Å². The molecule has 1 amide bonds. The molecule has 0 aliphatic rings. The molecule has 5 nitrogen and oxygen atoms in total. The molecule has 0 atom stereocenters. The summed E-state index contributed by atoms with van der Waals surface area (Å²) in [6.45, 7) is 0. The van der Waals surface area contributed by atoms with E-state index >= 15 is 0 Å². The first-order valence-corrected chi connectivity index (χ1v) is 8.88. The van der Waals surface area contributed by atoms with Crippen molar-refractivity contribution >= 4 is 29.0 Å². The standard InChI is InChI=1S/C21H13FN2O3S/c1-2-14-6-5-7-15(12-14)23-21(25)17-13-16(24(26)27)10-11-19(17)28-20-9-4-3-8-18(20)22/h1,3-13H,(H,23,25). The van der Waals surface area contributed by atoms with Crippen LogP contribution in [0.1, 0.15) is 15.9 Å². The number of non-ortho nitro benzene ring substituents is 1. The van der Waals surface area contributed by atoms with Gasteiger partial charge in [-0.15, -0.1) is 6.42 Å². The van der Waals surface area contributed by atoms with E-state index < -0.39 is 16.6 Å². The molecule has 0 saturated carbocycles. The van der Waals surface area contributed by atoms with Crippen molar-refractivity contribution in [2.24, 2.45) is 0 Å². The molecule has 0 aliphatic heterocycles. The Bertz CT molecular complexity index is 1110. The second-order valence-electron chi connectivity index (χ2n) is 5.65. The molecule has 0 radical (unpaired) electrons. The average Bonchev–Trinajstić information content (AvgIpc) is 2.70. The summed E-state index contributed by atoms with van der Waals surface area (Å²) in [5, 5.41) is 13.8. The Morgan fingerprint density at radius 3 is 2.57 bits per heavy atom. The zero-order valence-corrected chi connectivity index (χ0v) is 15.2. The molecule has 0 heterocycles. The Hall–Kier alpha value is -3.63. The first kappa shape index (κ1) is 19.1. The molecule has 138 valence electrons. The summed E-state index contributed by atoms with van der Waals surface area (Å²) in [7, 11) is 0. The Morgan fingerprint density at radius 1 is 1.07 bits per heavy atom. The predicted octanol–water partition coefficient (Wildman–Crippen LogP) is 5.12. The zero-order valence-electron chi connectivity index (χ0n) is 14.4. The molecule has 0 saturated heterocycles. The number of rotatable bonds is 5. The monoisotopic (exact) mass is 392 g/mol. The highest BCUT2D eigenvalue weighted by atomic mass is 32.2. The number of terminal acetylenes is 1. The van der Waals surface area contributed by atoms with Crippen molar-refractivity contribution in [3.05, 3.63) is 93.8 Å². The summed E-state index contributed by atoms with van der Waals surface area (Å²) in [6, 6.07) is 16.6. The van der Waals surface area contributed by atoms with Crippen LogP contribution >= 0.6 is 11.8 Å². The van der Waals surface area contributed by atoms with Gasteiger partial charge >= 0.3 is 0 Å². The first-order valence-electron chi connectivity index (χ1n) is 8.07. The molecule has 3 aromatic rings. The second kappa shape index (κ2) is 8.37. The van der Waals surface area contributed by atoms with Gasteiger partial charge in [-0.3, -0.25) is 14.9 Å². The third-order valence-corrected chi connectivity index (χ3v) is 4.89. The first-order chi connectivity index (χ1) is 13.5. The number of nitrogens with one attached hydrogen (secondary N) is 1. The SMILES string of the molecule is C#Cc1cccc(NC(=O)c2cc([N+](=O)[O-])ccc2Sc2ccccc2F)c1. The molecule has 0 bridgehead atoms. The molecule has 7 heteroatoms. The smallest absolute Gasteiger partial charge is 0.270 e. The molecule has 0 spiro atoms. The number of hydrogen-bond acceptors (Lipinski definition) is 4. The number of nitro groups is 1. The van der Waals surface area contributed by atoms with Crippen LogP contribution in [0.2, 0.25) is 0 Å². The fraction of sp³-hybridized carbons (Fsp3) is 0. The van der Waals surface area contributed by atoms with E-state index in [0.29, 0.717) is 21.0 Å². The summed E-state index contributed by atoms with van der Waals surface area (Å²) in [5.74, 6) is 1.46. The number of carbonyl (C=O) groups excluding carboxylic acids is 1. The molecule has 0 aliphatic carbocycles. The van der Waals surface area contributed by atoms with Gasteiger partial charge in [0.25, 0.3) is 11.6 Å². The molecule has 0 aromatic heterocycles. The maximum Gasteiger partial charge on any atom is 0.270 e. The number of amides is 1. The fourth-order valence-electron chi connectivity index (χ4n) is 2.43. The van der Waals surface area contributed by atoms with Crippen LogP contribution in [-0.2, 0) is 0 Å². The molecule has 28 heavy (non-hydrogen) atoms. The van der Waals surface area contributed by atoms with Gasteiger partial charge in [0.05, 0.1) is 10.5 Å². The highest BCUT2D eigenvalue weighted by Crippen LogP contribution is 2.34. The molecular weight excluding hydrogens is 379 g/mol. The van der Waals surface area contributed by atoms with E-state index in [2.05, 4.69) is 11.2 Å². The van der Waals surface area contributed by atoms with Crippen molar-refractivity contribution in [3.8, 4) is 12.3 Å². The van der Waals surface area contributed by atoms with Gasteiger partial charge in [0, 0.05) is 33.2 Å².